The summed E-state index contributed by atoms with van der Waals surface area (Å²) in [5.41, 5.74) is 1.69. The Kier molecular flexibility index (Phi) is 10.2. The maximum atomic E-state index is 12.9. The fraction of sp³-hybridized carbons (Fsp3) is 0.185. The van der Waals surface area contributed by atoms with Gasteiger partial charge >= 0.3 is 5.97 Å². The first-order valence-electron chi connectivity index (χ1n) is 11.8. The summed E-state index contributed by atoms with van der Waals surface area (Å²) in [6, 6.07) is 12.0. The standard InChI is InChI=1S/C27H23Cl3N4O4S2/c1-4-11-34-24(15(2)38-21-10-9-18(29)12-20(21)30)32-33-27(34)40-14-22(35)31-25-23(26(36)37-3)19(13-39-25)16-5-7-17(28)8-6-16/h4-10,12-13,15H,1,11,14H2,2-3H3,(H,31,35). The molecule has 8 nitrogen and oxygen atoms in total. The number of halogens is 3. The number of aromatic nitrogens is 3. The molecule has 0 saturated carbocycles. The van der Waals surface area contributed by atoms with Gasteiger partial charge in [-0.15, -0.1) is 28.1 Å². The molecular formula is C27H23Cl3N4O4S2. The number of nitrogens with one attached hydrogen (secondary N) is 1. The van der Waals surface area contributed by atoms with E-state index in [0.29, 0.717) is 48.9 Å². The number of allylic oxidation sites excluding steroid dienone is 1. The summed E-state index contributed by atoms with van der Waals surface area (Å²) < 4.78 is 12.8. The first-order valence-corrected chi connectivity index (χ1v) is 14.8. The van der Waals surface area contributed by atoms with Gasteiger partial charge < -0.3 is 14.8 Å². The molecule has 13 heteroatoms. The highest BCUT2D eigenvalue weighted by molar-refractivity contribution is 7.99. The van der Waals surface area contributed by atoms with Gasteiger partial charge in [-0.3, -0.25) is 9.36 Å². The van der Waals surface area contributed by atoms with Crippen molar-refractivity contribution in [2.24, 2.45) is 0 Å². The van der Waals surface area contributed by atoms with E-state index in [1.165, 1.54) is 30.2 Å². The van der Waals surface area contributed by atoms with Crippen molar-refractivity contribution >= 4 is 74.8 Å². The first kappa shape index (κ1) is 30.0. The molecule has 0 radical (unpaired) electrons. The van der Waals surface area contributed by atoms with Crippen LogP contribution in [0.5, 0.6) is 5.75 Å². The SMILES string of the molecule is C=CCn1c(SCC(=O)Nc2scc(-c3ccc(Cl)cc3)c2C(=O)OC)nnc1C(C)Oc1ccc(Cl)cc1Cl. The van der Waals surface area contributed by atoms with Crippen molar-refractivity contribution in [3.63, 3.8) is 0 Å². The average molecular weight is 638 g/mol. The van der Waals surface area contributed by atoms with Gasteiger partial charge in [0.15, 0.2) is 17.1 Å². The molecule has 1 unspecified atom stereocenters. The third kappa shape index (κ3) is 7.00. The number of carbonyl (C=O) groups excluding carboxylic acids is 2. The van der Waals surface area contributed by atoms with Gasteiger partial charge in [0.1, 0.15) is 16.3 Å². The number of carbonyl (C=O) groups is 2. The van der Waals surface area contributed by atoms with Gasteiger partial charge in [-0.1, -0.05) is 64.8 Å². The largest absolute Gasteiger partial charge is 0.481 e. The Morgan fingerprint density at radius 1 is 1.15 bits per heavy atom. The zero-order valence-electron chi connectivity index (χ0n) is 21.3. The first-order chi connectivity index (χ1) is 19.2. The lowest BCUT2D eigenvalue weighted by molar-refractivity contribution is -0.113. The third-order valence-electron chi connectivity index (χ3n) is 5.54. The number of esters is 1. The maximum absolute atomic E-state index is 12.9. The summed E-state index contributed by atoms with van der Waals surface area (Å²) in [5.74, 6) is 0.122. The summed E-state index contributed by atoms with van der Waals surface area (Å²) in [5, 5.41) is 15.5. The fourth-order valence-electron chi connectivity index (χ4n) is 3.71. The Morgan fingerprint density at radius 3 is 2.55 bits per heavy atom. The van der Waals surface area contributed by atoms with E-state index in [-0.39, 0.29) is 17.2 Å². The number of thioether (sulfide) groups is 1. The molecule has 0 spiro atoms. The van der Waals surface area contributed by atoms with E-state index in [2.05, 4.69) is 22.1 Å². The van der Waals surface area contributed by atoms with E-state index < -0.39 is 12.1 Å². The topological polar surface area (TPSA) is 95.3 Å². The Balaban J connectivity index is 1.48. The summed E-state index contributed by atoms with van der Waals surface area (Å²) in [4.78, 5) is 25.5. The third-order valence-corrected chi connectivity index (χ3v) is 8.18. The number of ether oxygens (including phenoxy) is 2. The van der Waals surface area contributed by atoms with Crippen LogP contribution in [0, 0.1) is 0 Å². The summed E-state index contributed by atoms with van der Waals surface area (Å²) in [6.45, 7) is 6.03. The number of thiophene rings is 1. The Labute approximate surface area is 254 Å². The molecule has 4 rings (SSSR count). The number of hydrogen-bond acceptors (Lipinski definition) is 8. The number of hydrogen-bond donors (Lipinski definition) is 1. The maximum Gasteiger partial charge on any atom is 0.341 e. The van der Waals surface area contributed by atoms with Crippen LogP contribution in [0.4, 0.5) is 5.00 Å². The minimum absolute atomic E-state index is 0.0162. The molecule has 1 atom stereocenters. The second-order valence-electron chi connectivity index (χ2n) is 8.26. The number of anilines is 1. The number of amides is 1. The average Bonchev–Trinajstić information content (AvgIpc) is 3.53. The number of rotatable bonds is 11. The highest BCUT2D eigenvalue weighted by Crippen LogP contribution is 2.37. The molecular weight excluding hydrogens is 615 g/mol. The van der Waals surface area contributed by atoms with Crippen LogP contribution in [0.3, 0.4) is 0 Å². The molecule has 0 fully saturated rings. The molecule has 40 heavy (non-hydrogen) atoms. The molecule has 0 saturated heterocycles. The molecule has 4 aromatic rings. The molecule has 2 heterocycles. The second-order valence-corrected chi connectivity index (χ2v) is 11.4. The number of nitrogens with zero attached hydrogens (tertiary/aromatic N) is 3. The van der Waals surface area contributed by atoms with Crippen LogP contribution in [-0.4, -0.2) is 39.5 Å². The lowest BCUT2D eigenvalue weighted by Crippen LogP contribution is -2.17. The molecule has 0 aliphatic carbocycles. The van der Waals surface area contributed by atoms with Crippen molar-refractivity contribution in [1.82, 2.24) is 14.8 Å². The van der Waals surface area contributed by atoms with Crippen LogP contribution in [-0.2, 0) is 16.1 Å². The molecule has 0 aliphatic rings. The lowest BCUT2D eigenvalue weighted by atomic mass is 10.0. The van der Waals surface area contributed by atoms with E-state index in [9.17, 15) is 9.59 Å². The van der Waals surface area contributed by atoms with Crippen molar-refractivity contribution in [2.45, 2.75) is 24.7 Å². The van der Waals surface area contributed by atoms with Crippen LogP contribution >= 0.6 is 57.9 Å². The number of methoxy groups -OCH3 is 1. The predicted molar refractivity (Wildman–Crippen MR) is 161 cm³/mol. The van der Waals surface area contributed by atoms with Gasteiger partial charge in [0.2, 0.25) is 5.91 Å². The van der Waals surface area contributed by atoms with Crippen LogP contribution in [0.1, 0.15) is 29.2 Å². The van der Waals surface area contributed by atoms with Crippen molar-refractivity contribution in [3.05, 3.63) is 87.0 Å². The second kappa shape index (κ2) is 13.6. The molecule has 208 valence electrons. The highest BCUT2D eigenvalue weighted by Gasteiger charge is 2.24. The summed E-state index contributed by atoms with van der Waals surface area (Å²) >= 11 is 20.7. The van der Waals surface area contributed by atoms with E-state index in [1.807, 2.05) is 11.5 Å². The number of benzene rings is 2. The fourth-order valence-corrected chi connectivity index (χ4v) is 6.02. The van der Waals surface area contributed by atoms with Gasteiger partial charge in [-0.2, -0.15) is 0 Å². The predicted octanol–water partition coefficient (Wildman–Crippen LogP) is 7.81. The Morgan fingerprint density at radius 2 is 1.88 bits per heavy atom. The smallest absolute Gasteiger partial charge is 0.341 e. The zero-order chi connectivity index (χ0) is 28.8. The van der Waals surface area contributed by atoms with E-state index in [1.54, 1.807) is 53.9 Å². The van der Waals surface area contributed by atoms with E-state index >= 15 is 0 Å². The summed E-state index contributed by atoms with van der Waals surface area (Å²) in [7, 11) is 1.29. The van der Waals surface area contributed by atoms with Crippen LogP contribution in [0.25, 0.3) is 11.1 Å². The lowest BCUT2D eigenvalue weighted by Gasteiger charge is -2.16. The normalized spacial score (nSPS) is 11.6. The van der Waals surface area contributed by atoms with Crippen LogP contribution in [0.15, 0.2) is 65.7 Å². The molecule has 0 bridgehead atoms. The van der Waals surface area contributed by atoms with Crippen molar-refractivity contribution in [3.8, 4) is 16.9 Å². The van der Waals surface area contributed by atoms with Crippen molar-refractivity contribution in [2.75, 3.05) is 18.2 Å². The van der Waals surface area contributed by atoms with Crippen molar-refractivity contribution < 1.29 is 19.1 Å². The minimum Gasteiger partial charge on any atom is -0.481 e. The van der Waals surface area contributed by atoms with E-state index in [0.717, 1.165) is 5.56 Å². The van der Waals surface area contributed by atoms with E-state index in [4.69, 9.17) is 44.3 Å². The Hall–Kier alpha value is -3.02. The quantitative estimate of drug-likeness (QED) is 0.102. The highest BCUT2D eigenvalue weighted by atomic mass is 35.5. The van der Waals surface area contributed by atoms with Gasteiger partial charge in [-0.05, 0) is 42.8 Å². The molecule has 2 aromatic carbocycles. The molecule has 2 aromatic heterocycles. The van der Waals surface area contributed by atoms with Crippen LogP contribution < -0.4 is 10.1 Å². The summed E-state index contributed by atoms with van der Waals surface area (Å²) in [6.07, 6.45) is 1.19. The van der Waals surface area contributed by atoms with Crippen molar-refractivity contribution in [1.29, 1.82) is 0 Å². The van der Waals surface area contributed by atoms with Crippen LogP contribution in [0.2, 0.25) is 15.1 Å². The monoisotopic (exact) mass is 636 g/mol. The Bertz CT molecular complexity index is 1540. The minimum atomic E-state index is -0.556. The van der Waals surface area contributed by atoms with Gasteiger partial charge in [0.25, 0.3) is 0 Å². The zero-order valence-corrected chi connectivity index (χ0v) is 25.2. The molecule has 1 amide bonds. The van der Waals surface area contributed by atoms with Gasteiger partial charge in [-0.25, -0.2) is 4.79 Å². The van der Waals surface area contributed by atoms with Gasteiger partial charge in [0, 0.05) is 27.5 Å². The molecule has 1 N–H and O–H groups in total. The van der Waals surface area contributed by atoms with Gasteiger partial charge in [0.05, 0.1) is 17.9 Å². The molecule has 0 aliphatic heterocycles.